The second kappa shape index (κ2) is 8.50. The van der Waals surface area contributed by atoms with Crippen LogP contribution in [-0.2, 0) is 5.41 Å². The standard InChI is InChI=1S/C24H27N7O2/c1-15-7-8-16(23(32)26-22-11-21(33-28-22)24(2,3)4)10-20(15)31-14-19(27-29-31)17-9-18(30(5)6)13-25-12-17/h7-14H,1-6H3,(H,26,28,32). The molecule has 9 nitrogen and oxygen atoms in total. The zero-order valence-corrected chi connectivity index (χ0v) is 19.6. The van der Waals surface area contributed by atoms with Gasteiger partial charge in [-0.05, 0) is 30.7 Å². The van der Waals surface area contributed by atoms with Crippen molar-refractivity contribution < 1.29 is 9.32 Å². The van der Waals surface area contributed by atoms with Gasteiger partial charge in [0.05, 0.1) is 23.8 Å². The van der Waals surface area contributed by atoms with Gasteiger partial charge in [0.2, 0.25) is 0 Å². The summed E-state index contributed by atoms with van der Waals surface area (Å²) in [6.07, 6.45) is 5.37. The van der Waals surface area contributed by atoms with Gasteiger partial charge in [-0.3, -0.25) is 9.78 Å². The van der Waals surface area contributed by atoms with Gasteiger partial charge in [-0.25, -0.2) is 4.68 Å². The number of carbonyl (C=O) groups excluding carboxylic acids is 1. The van der Waals surface area contributed by atoms with Crippen molar-refractivity contribution in [3.05, 3.63) is 65.8 Å². The Balaban J connectivity index is 1.59. The lowest BCUT2D eigenvalue weighted by Gasteiger charge is -2.12. The first-order chi connectivity index (χ1) is 15.6. The first kappa shape index (κ1) is 22.2. The van der Waals surface area contributed by atoms with Crippen LogP contribution in [0.5, 0.6) is 0 Å². The maximum Gasteiger partial charge on any atom is 0.256 e. The smallest absolute Gasteiger partial charge is 0.256 e. The van der Waals surface area contributed by atoms with E-state index in [9.17, 15) is 4.79 Å². The number of benzene rings is 1. The van der Waals surface area contributed by atoms with Crippen molar-refractivity contribution in [1.29, 1.82) is 0 Å². The second-order valence-electron chi connectivity index (χ2n) is 9.16. The van der Waals surface area contributed by atoms with Crippen LogP contribution >= 0.6 is 0 Å². The van der Waals surface area contributed by atoms with Crippen LogP contribution in [0.25, 0.3) is 16.9 Å². The number of nitrogens with one attached hydrogen (secondary N) is 1. The predicted octanol–water partition coefficient (Wildman–Crippen LogP) is 4.24. The number of aromatic nitrogens is 5. The third-order valence-electron chi connectivity index (χ3n) is 5.24. The van der Waals surface area contributed by atoms with E-state index in [1.54, 1.807) is 35.3 Å². The molecule has 0 atom stereocenters. The molecule has 0 aliphatic carbocycles. The van der Waals surface area contributed by atoms with Gasteiger partial charge < -0.3 is 14.7 Å². The van der Waals surface area contributed by atoms with E-state index in [2.05, 4.69) is 25.8 Å². The molecule has 0 unspecified atom stereocenters. The lowest BCUT2D eigenvalue weighted by atomic mass is 9.93. The van der Waals surface area contributed by atoms with Gasteiger partial charge in [-0.2, -0.15) is 0 Å². The summed E-state index contributed by atoms with van der Waals surface area (Å²) in [4.78, 5) is 19.1. The first-order valence-corrected chi connectivity index (χ1v) is 10.6. The van der Waals surface area contributed by atoms with Crippen LogP contribution in [0.3, 0.4) is 0 Å². The van der Waals surface area contributed by atoms with Crippen molar-refractivity contribution in [2.24, 2.45) is 0 Å². The Hall–Kier alpha value is -4.01. The Labute approximate surface area is 192 Å². The van der Waals surface area contributed by atoms with E-state index in [0.29, 0.717) is 22.8 Å². The van der Waals surface area contributed by atoms with Gasteiger partial charge >= 0.3 is 0 Å². The Morgan fingerprint density at radius 3 is 2.61 bits per heavy atom. The summed E-state index contributed by atoms with van der Waals surface area (Å²) in [6, 6.07) is 9.17. The van der Waals surface area contributed by atoms with Crippen LogP contribution in [0.4, 0.5) is 11.5 Å². The van der Waals surface area contributed by atoms with E-state index >= 15 is 0 Å². The monoisotopic (exact) mass is 445 g/mol. The lowest BCUT2D eigenvalue weighted by Crippen LogP contribution is -2.13. The molecule has 0 aliphatic heterocycles. The minimum atomic E-state index is -0.284. The van der Waals surface area contributed by atoms with E-state index in [-0.39, 0.29) is 11.3 Å². The van der Waals surface area contributed by atoms with Crippen molar-refractivity contribution in [2.45, 2.75) is 33.1 Å². The molecule has 1 N–H and O–H groups in total. The molecule has 0 radical (unpaired) electrons. The van der Waals surface area contributed by atoms with Crippen molar-refractivity contribution in [3.8, 4) is 16.9 Å². The minimum Gasteiger partial charge on any atom is -0.376 e. The maximum absolute atomic E-state index is 12.8. The molecule has 0 aliphatic rings. The molecule has 1 amide bonds. The quantitative estimate of drug-likeness (QED) is 0.490. The molecule has 3 heterocycles. The fourth-order valence-electron chi connectivity index (χ4n) is 3.20. The van der Waals surface area contributed by atoms with Gasteiger partial charge in [0.15, 0.2) is 5.82 Å². The van der Waals surface area contributed by atoms with Gasteiger partial charge in [0, 0.05) is 42.9 Å². The largest absolute Gasteiger partial charge is 0.376 e. The Bertz CT molecular complexity index is 1300. The van der Waals surface area contributed by atoms with Crippen molar-refractivity contribution in [3.63, 3.8) is 0 Å². The molecule has 0 fully saturated rings. The molecule has 33 heavy (non-hydrogen) atoms. The van der Waals surface area contributed by atoms with Gasteiger partial charge in [0.1, 0.15) is 11.5 Å². The third kappa shape index (κ3) is 4.77. The van der Waals surface area contributed by atoms with Gasteiger partial charge in [-0.1, -0.05) is 37.2 Å². The fraction of sp³-hybridized carbons (Fsp3) is 0.292. The fourth-order valence-corrected chi connectivity index (χ4v) is 3.20. The number of amides is 1. The Morgan fingerprint density at radius 1 is 1.12 bits per heavy atom. The molecule has 1 aromatic carbocycles. The molecule has 0 saturated carbocycles. The summed E-state index contributed by atoms with van der Waals surface area (Å²) in [7, 11) is 3.92. The topological polar surface area (TPSA) is 102 Å². The molecule has 4 aromatic rings. The highest BCUT2D eigenvalue weighted by Crippen LogP contribution is 2.25. The molecule has 0 bridgehead atoms. The van der Waals surface area contributed by atoms with Crippen molar-refractivity contribution in [2.75, 3.05) is 24.3 Å². The highest BCUT2D eigenvalue weighted by atomic mass is 16.5. The summed E-state index contributed by atoms with van der Waals surface area (Å²) in [6.45, 7) is 8.01. The molecule has 0 saturated heterocycles. The molecule has 9 heteroatoms. The lowest BCUT2D eigenvalue weighted by molar-refractivity contribution is 0.102. The molecular weight excluding hydrogens is 418 g/mol. The third-order valence-corrected chi connectivity index (χ3v) is 5.24. The number of aryl methyl sites for hydroxylation is 1. The average molecular weight is 446 g/mol. The van der Waals surface area contributed by atoms with E-state index in [1.165, 1.54) is 0 Å². The van der Waals surface area contributed by atoms with E-state index in [4.69, 9.17) is 4.52 Å². The van der Waals surface area contributed by atoms with Crippen molar-refractivity contribution >= 4 is 17.4 Å². The van der Waals surface area contributed by atoms with Crippen LogP contribution < -0.4 is 10.2 Å². The Morgan fingerprint density at radius 2 is 1.91 bits per heavy atom. The average Bonchev–Trinajstić information content (AvgIpc) is 3.44. The van der Waals surface area contributed by atoms with E-state index in [1.807, 2.05) is 65.0 Å². The summed E-state index contributed by atoms with van der Waals surface area (Å²) in [5, 5.41) is 15.3. The molecule has 3 aromatic heterocycles. The van der Waals surface area contributed by atoms with E-state index < -0.39 is 0 Å². The maximum atomic E-state index is 12.8. The van der Waals surface area contributed by atoms with Crippen molar-refractivity contribution in [1.82, 2.24) is 25.1 Å². The number of hydrogen-bond acceptors (Lipinski definition) is 7. The van der Waals surface area contributed by atoms with Crippen LogP contribution in [0, 0.1) is 6.92 Å². The summed E-state index contributed by atoms with van der Waals surface area (Å²) >= 11 is 0. The van der Waals surface area contributed by atoms with Gasteiger partial charge in [0.25, 0.3) is 5.91 Å². The van der Waals surface area contributed by atoms with E-state index in [0.717, 1.165) is 22.5 Å². The summed E-state index contributed by atoms with van der Waals surface area (Å²) in [5.41, 5.74) is 4.52. The summed E-state index contributed by atoms with van der Waals surface area (Å²) in [5.74, 6) is 0.793. The Kier molecular flexibility index (Phi) is 5.71. The number of hydrogen-bond donors (Lipinski definition) is 1. The number of carbonyl (C=O) groups is 1. The molecule has 4 rings (SSSR count). The van der Waals surface area contributed by atoms with Crippen LogP contribution in [0.2, 0.25) is 0 Å². The SMILES string of the molecule is Cc1ccc(C(=O)Nc2cc(C(C)(C)C)on2)cc1-n1cc(-c2cncc(N(C)C)c2)nn1. The number of nitrogens with zero attached hydrogens (tertiary/aromatic N) is 6. The number of pyridine rings is 1. The number of rotatable bonds is 5. The second-order valence-corrected chi connectivity index (χ2v) is 9.16. The molecule has 170 valence electrons. The zero-order chi connectivity index (χ0) is 23.8. The highest BCUT2D eigenvalue weighted by Gasteiger charge is 2.21. The summed E-state index contributed by atoms with van der Waals surface area (Å²) < 4.78 is 7.01. The minimum absolute atomic E-state index is 0.195. The van der Waals surface area contributed by atoms with Crippen LogP contribution in [0.1, 0.15) is 42.5 Å². The zero-order valence-electron chi connectivity index (χ0n) is 19.6. The van der Waals surface area contributed by atoms with Crippen LogP contribution in [0.15, 0.2) is 53.4 Å². The highest BCUT2D eigenvalue weighted by molar-refractivity contribution is 6.04. The van der Waals surface area contributed by atoms with Crippen LogP contribution in [-0.4, -0.2) is 45.1 Å². The first-order valence-electron chi connectivity index (χ1n) is 10.6. The molecular formula is C24H27N7O2. The predicted molar refractivity (Wildman–Crippen MR) is 127 cm³/mol. The normalized spacial score (nSPS) is 11.5. The number of anilines is 2. The van der Waals surface area contributed by atoms with Gasteiger partial charge in [-0.15, -0.1) is 5.10 Å². The molecule has 0 spiro atoms.